The van der Waals surface area contributed by atoms with Gasteiger partial charge in [-0.05, 0) is 23.6 Å². The molecule has 0 saturated carbocycles. The molecule has 0 radical (unpaired) electrons. The van der Waals surface area contributed by atoms with Gasteiger partial charge in [-0.15, -0.1) is 6.58 Å². The third kappa shape index (κ3) is 7.85. The molecule has 118 valence electrons. The van der Waals surface area contributed by atoms with Crippen molar-refractivity contribution in [2.45, 2.75) is 25.9 Å². The highest BCUT2D eigenvalue weighted by Gasteiger charge is 2.03. The minimum absolute atomic E-state index is 0.305. The van der Waals surface area contributed by atoms with Crippen molar-refractivity contribution in [2.75, 3.05) is 32.9 Å². The van der Waals surface area contributed by atoms with Crippen LogP contribution in [0.3, 0.4) is 0 Å². The highest BCUT2D eigenvalue weighted by atomic mass is 16.5. The summed E-state index contributed by atoms with van der Waals surface area (Å²) in [5.74, 6) is 1.37. The minimum Gasteiger partial charge on any atom is -0.491 e. The van der Waals surface area contributed by atoms with E-state index >= 15 is 0 Å². The third-order valence-corrected chi connectivity index (χ3v) is 3.02. The summed E-state index contributed by atoms with van der Waals surface area (Å²) >= 11 is 0. The van der Waals surface area contributed by atoms with Crippen LogP contribution in [0.1, 0.15) is 25.3 Å². The lowest BCUT2D eigenvalue weighted by Gasteiger charge is -2.12. The standard InChI is InChI=1S/C17H27NO3/c1-4-9-18-12-16(19)13-20-10-11-21-17-7-5-15(6-8-17)14(2)3/h4-8,14,16,18-19H,1,9-13H2,2-3H3/t16-/m0/s1. The summed E-state index contributed by atoms with van der Waals surface area (Å²) in [5.41, 5.74) is 1.30. The second kappa shape index (κ2) is 10.4. The fourth-order valence-corrected chi connectivity index (χ4v) is 1.80. The van der Waals surface area contributed by atoms with Crippen LogP contribution in [-0.2, 0) is 4.74 Å². The molecule has 4 nitrogen and oxygen atoms in total. The molecule has 0 aliphatic carbocycles. The Balaban J connectivity index is 2.09. The van der Waals surface area contributed by atoms with Crippen molar-refractivity contribution >= 4 is 0 Å². The second-order valence-electron chi connectivity index (χ2n) is 5.25. The number of ether oxygens (including phenoxy) is 2. The zero-order valence-corrected chi connectivity index (χ0v) is 13.0. The lowest BCUT2D eigenvalue weighted by Crippen LogP contribution is -2.30. The Labute approximate surface area is 127 Å². The molecule has 1 atom stereocenters. The molecule has 0 aliphatic heterocycles. The SMILES string of the molecule is C=CCNC[C@H](O)COCCOc1ccc(C(C)C)cc1. The molecule has 2 N–H and O–H groups in total. The van der Waals surface area contributed by atoms with E-state index in [4.69, 9.17) is 9.47 Å². The maximum Gasteiger partial charge on any atom is 0.119 e. The Morgan fingerprint density at radius 3 is 2.57 bits per heavy atom. The van der Waals surface area contributed by atoms with Crippen LogP contribution in [0.2, 0.25) is 0 Å². The first-order chi connectivity index (χ1) is 10.1. The predicted octanol–water partition coefficient (Wildman–Crippen LogP) is 2.34. The van der Waals surface area contributed by atoms with E-state index in [1.165, 1.54) is 5.56 Å². The van der Waals surface area contributed by atoms with Crippen molar-refractivity contribution in [3.63, 3.8) is 0 Å². The lowest BCUT2D eigenvalue weighted by atomic mass is 10.0. The van der Waals surface area contributed by atoms with Crippen LogP contribution in [0.15, 0.2) is 36.9 Å². The summed E-state index contributed by atoms with van der Waals surface area (Å²) in [4.78, 5) is 0. The monoisotopic (exact) mass is 293 g/mol. The fourth-order valence-electron chi connectivity index (χ4n) is 1.80. The number of hydrogen-bond donors (Lipinski definition) is 2. The first kappa shape index (κ1) is 17.7. The molecule has 0 spiro atoms. The number of hydrogen-bond acceptors (Lipinski definition) is 4. The topological polar surface area (TPSA) is 50.7 Å². The molecule has 1 aromatic carbocycles. The van der Waals surface area contributed by atoms with Gasteiger partial charge in [0.15, 0.2) is 0 Å². The van der Waals surface area contributed by atoms with E-state index in [0.717, 1.165) is 5.75 Å². The van der Waals surface area contributed by atoms with E-state index in [1.807, 2.05) is 12.1 Å². The molecule has 1 rings (SSSR count). The molecule has 0 amide bonds. The molecule has 0 aliphatic rings. The van der Waals surface area contributed by atoms with Gasteiger partial charge in [0.05, 0.1) is 19.3 Å². The Kier molecular flexibility index (Phi) is 8.74. The molecule has 0 bridgehead atoms. The van der Waals surface area contributed by atoms with Gasteiger partial charge in [0.1, 0.15) is 12.4 Å². The maximum atomic E-state index is 9.61. The quantitative estimate of drug-likeness (QED) is 0.486. The van der Waals surface area contributed by atoms with Crippen molar-refractivity contribution < 1.29 is 14.6 Å². The van der Waals surface area contributed by atoms with E-state index in [2.05, 4.69) is 37.9 Å². The van der Waals surface area contributed by atoms with Gasteiger partial charge in [0.2, 0.25) is 0 Å². The molecule has 1 aromatic rings. The van der Waals surface area contributed by atoms with Gasteiger partial charge in [0.25, 0.3) is 0 Å². The molecular weight excluding hydrogens is 266 g/mol. The van der Waals surface area contributed by atoms with Gasteiger partial charge in [-0.1, -0.05) is 32.1 Å². The Morgan fingerprint density at radius 1 is 1.24 bits per heavy atom. The summed E-state index contributed by atoms with van der Waals surface area (Å²) in [6.45, 7) is 10.4. The van der Waals surface area contributed by atoms with E-state index in [0.29, 0.717) is 38.8 Å². The van der Waals surface area contributed by atoms with Gasteiger partial charge in [-0.25, -0.2) is 0 Å². The third-order valence-electron chi connectivity index (χ3n) is 3.02. The van der Waals surface area contributed by atoms with Crippen molar-refractivity contribution in [1.82, 2.24) is 5.32 Å². The maximum absolute atomic E-state index is 9.61. The number of aliphatic hydroxyl groups is 1. The van der Waals surface area contributed by atoms with Crippen molar-refractivity contribution in [3.8, 4) is 5.75 Å². The van der Waals surface area contributed by atoms with Crippen LogP contribution in [-0.4, -0.2) is 44.1 Å². The lowest BCUT2D eigenvalue weighted by molar-refractivity contribution is 0.0255. The smallest absolute Gasteiger partial charge is 0.119 e. The van der Waals surface area contributed by atoms with Gasteiger partial charge in [-0.2, -0.15) is 0 Å². The summed E-state index contributed by atoms with van der Waals surface area (Å²) in [7, 11) is 0. The molecule has 0 heterocycles. The zero-order chi connectivity index (χ0) is 15.5. The number of nitrogens with one attached hydrogen (secondary N) is 1. The van der Waals surface area contributed by atoms with Gasteiger partial charge >= 0.3 is 0 Å². The summed E-state index contributed by atoms with van der Waals surface area (Å²) in [5, 5.41) is 12.6. The zero-order valence-electron chi connectivity index (χ0n) is 13.0. The first-order valence-electron chi connectivity index (χ1n) is 7.43. The van der Waals surface area contributed by atoms with E-state index < -0.39 is 6.10 Å². The van der Waals surface area contributed by atoms with Crippen LogP contribution in [0.25, 0.3) is 0 Å². The summed E-state index contributed by atoms with van der Waals surface area (Å²) in [6.07, 6.45) is 1.25. The molecule has 0 unspecified atom stereocenters. The van der Waals surface area contributed by atoms with E-state index in [9.17, 15) is 5.11 Å². The molecule has 4 heteroatoms. The summed E-state index contributed by atoms with van der Waals surface area (Å²) in [6, 6.07) is 8.11. The van der Waals surface area contributed by atoms with Gasteiger partial charge in [-0.3, -0.25) is 0 Å². The number of aliphatic hydroxyl groups excluding tert-OH is 1. The largest absolute Gasteiger partial charge is 0.491 e. The second-order valence-corrected chi connectivity index (χ2v) is 5.25. The van der Waals surface area contributed by atoms with E-state index in [1.54, 1.807) is 6.08 Å². The minimum atomic E-state index is -0.504. The van der Waals surface area contributed by atoms with Crippen molar-refractivity contribution in [3.05, 3.63) is 42.5 Å². The van der Waals surface area contributed by atoms with Crippen LogP contribution < -0.4 is 10.1 Å². The predicted molar refractivity (Wildman–Crippen MR) is 85.9 cm³/mol. The van der Waals surface area contributed by atoms with Crippen LogP contribution in [0, 0.1) is 0 Å². The van der Waals surface area contributed by atoms with Crippen LogP contribution in [0.5, 0.6) is 5.75 Å². The van der Waals surface area contributed by atoms with Gasteiger partial charge < -0.3 is 19.9 Å². The van der Waals surface area contributed by atoms with Crippen LogP contribution in [0.4, 0.5) is 0 Å². The molecule has 0 aromatic heterocycles. The number of rotatable bonds is 11. The molecule has 0 fully saturated rings. The van der Waals surface area contributed by atoms with Crippen molar-refractivity contribution in [1.29, 1.82) is 0 Å². The highest BCUT2D eigenvalue weighted by Crippen LogP contribution is 2.18. The van der Waals surface area contributed by atoms with Gasteiger partial charge in [0, 0.05) is 13.1 Å². The normalized spacial score (nSPS) is 12.4. The highest BCUT2D eigenvalue weighted by molar-refractivity contribution is 5.28. The first-order valence-corrected chi connectivity index (χ1v) is 7.43. The fraction of sp³-hybridized carbons (Fsp3) is 0.529. The average molecular weight is 293 g/mol. The van der Waals surface area contributed by atoms with E-state index in [-0.39, 0.29) is 0 Å². The molecule has 21 heavy (non-hydrogen) atoms. The van der Waals surface area contributed by atoms with Crippen molar-refractivity contribution in [2.24, 2.45) is 0 Å². The average Bonchev–Trinajstić information content (AvgIpc) is 2.47. The van der Waals surface area contributed by atoms with Crippen LogP contribution >= 0.6 is 0 Å². The number of benzene rings is 1. The molecular formula is C17H27NO3. The summed E-state index contributed by atoms with van der Waals surface area (Å²) < 4.78 is 11.0. The Morgan fingerprint density at radius 2 is 1.95 bits per heavy atom. The molecule has 0 saturated heterocycles. The Hall–Kier alpha value is -1.36. The Bertz CT molecular complexity index is 390.